The first-order chi connectivity index (χ1) is 4.95. The van der Waals surface area contributed by atoms with Gasteiger partial charge in [0.05, 0.1) is 6.04 Å². The predicted molar refractivity (Wildman–Crippen MR) is 51.3 cm³/mol. The van der Waals surface area contributed by atoms with Crippen LogP contribution in [0, 0.1) is 5.41 Å². The highest BCUT2D eigenvalue weighted by Gasteiger charge is 2.28. The SMILES string of the molecule is C=CC(C)(C)[C@H](NP)C(C)=O. The van der Waals surface area contributed by atoms with Crippen LogP contribution in [0.25, 0.3) is 0 Å². The Kier molecular flexibility index (Phi) is 3.91. The molecule has 0 saturated heterocycles. The van der Waals surface area contributed by atoms with Crippen LogP contribution in [-0.2, 0) is 4.79 Å². The number of rotatable bonds is 4. The van der Waals surface area contributed by atoms with Gasteiger partial charge in [-0.3, -0.25) is 9.88 Å². The Morgan fingerprint density at radius 3 is 2.27 bits per heavy atom. The first-order valence-electron chi connectivity index (χ1n) is 3.56. The summed E-state index contributed by atoms with van der Waals surface area (Å²) in [6, 6.07) is -0.162. The van der Waals surface area contributed by atoms with E-state index in [9.17, 15) is 4.79 Å². The zero-order chi connectivity index (χ0) is 9.07. The molecule has 0 aromatic carbocycles. The van der Waals surface area contributed by atoms with Crippen LogP contribution in [-0.4, -0.2) is 11.8 Å². The van der Waals surface area contributed by atoms with Gasteiger partial charge < -0.3 is 0 Å². The summed E-state index contributed by atoms with van der Waals surface area (Å²) in [6.07, 6.45) is 1.79. The van der Waals surface area contributed by atoms with Crippen molar-refractivity contribution in [3.63, 3.8) is 0 Å². The highest BCUT2D eigenvalue weighted by Crippen LogP contribution is 2.22. The third-order valence-electron chi connectivity index (χ3n) is 1.84. The summed E-state index contributed by atoms with van der Waals surface area (Å²) in [7, 11) is 2.36. The smallest absolute Gasteiger partial charge is 0.147 e. The fourth-order valence-electron chi connectivity index (χ4n) is 0.974. The lowest BCUT2D eigenvalue weighted by atomic mass is 9.83. The molecule has 0 aromatic rings. The maximum atomic E-state index is 11.1. The Morgan fingerprint density at radius 2 is 2.18 bits per heavy atom. The van der Waals surface area contributed by atoms with Crippen LogP contribution in [0.2, 0.25) is 0 Å². The molecular formula is C8H16NOP. The second kappa shape index (κ2) is 3.99. The van der Waals surface area contributed by atoms with Crippen LogP contribution < -0.4 is 5.09 Å². The van der Waals surface area contributed by atoms with Crippen LogP contribution in [0.15, 0.2) is 12.7 Å². The highest BCUT2D eigenvalue weighted by molar-refractivity contribution is 7.13. The van der Waals surface area contributed by atoms with E-state index < -0.39 is 0 Å². The Hall–Kier alpha value is -0.200. The fraction of sp³-hybridized carbons (Fsp3) is 0.625. The minimum atomic E-state index is -0.187. The molecule has 0 aliphatic heterocycles. The topological polar surface area (TPSA) is 29.1 Å². The van der Waals surface area contributed by atoms with E-state index in [2.05, 4.69) is 21.1 Å². The number of hydrogen-bond acceptors (Lipinski definition) is 2. The Balaban J connectivity index is 4.48. The molecule has 0 aromatic heterocycles. The number of hydrogen-bond donors (Lipinski definition) is 1. The Bertz CT molecular complexity index is 165. The molecule has 1 unspecified atom stereocenters. The lowest BCUT2D eigenvalue weighted by Gasteiger charge is -2.28. The van der Waals surface area contributed by atoms with Crippen LogP contribution >= 0.6 is 9.39 Å². The first-order valence-corrected chi connectivity index (χ1v) is 4.13. The molecule has 1 N–H and O–H groups in total. The molecule has 0 bridgehead atoms. The molecule has 0 spiro atoms. The van der Waals surface area contributed by atoms with Crippen LogP contribution in [0.1, 0.15) is 20.8 Å². The van der Waals surface area contributed by atoms with Crippen molar-refractivity contribution < 1.29 is 4.79 Å². The van der Waals surface area contributed by atoms with Crippen molar-refractivity contribution in [2.24, 2.45) is 5.41 Å². The van der Waals surface area contributed by atoms with E-state index in [1.807, 2.05) is 13.8 Å². The van der Waals surface area contributed by atoms with E-state index in [1.165, 1.54) is 0 Å². The van der Waals surface area contributed by atoms with Gasteiger partial charge in [-0.25, -0.2) is 0 Å². The zero-order valence-electron chi connectivity index (χ0n) is 7.35. The van der Waals surface area contributed by atoms with Crippen LogP contribution in [0.3, 0.4) is 0 Å². The van der Waals surface area contributed by atoms with E-state index in [0.717, 1.165) is 0 Å². The average Bonchev–Trinajstić information content (AvgIpc) is 1.88. The lowest BCUT2D eigenvalue weighted by molar-refractivity contribution is -0.120. The number of ketones is 1. The predicted octanol–water partition coefficient (Wildman–Crippen LogP) is 1.54. The van der Waals surface area contributed by atoms with Crippen molar-refractivity contribution in [2.75, 3.05) is 0 Å². The Morgan fingerprint density at radius 1 is 1.73 bits per heavy atom. The molecule has 0 heterocycles. The van der Waals surface area contributed by atoms with E-state index in [0.29, 0.717) is 0 Å². The molecule has 64 valence electrons. The quantitative estimate of drug-likeness (QED) is 0.516. The van der Waals surface area contributed by atoms with Gasteiger partial charge in [0.25, 0.3) is 0 Å². The minimum Gasteiger partial charge on any atom is -0.298 e. The molecule has 3 heteroatoms. The van der Waals surface area contributed by atoms with E-state index >= 15 is 0 Å². The van der Waals surface area contributed by atoms with Crippen molar-refractivity contribution >= 4 is 15.2 Å². The number of nitrogens with one attached hydrogen (secondary N) is 1. The molecule has 2 nitrogen and oxygen atoms in total. The van der Waals surface area contributed by atoms with Crippen molar-refractivity contribution in [1.29, 1.82) is 0 Å². The summed E-state index contributed by atoms with van der Waals surface area (Å²) in [6.45, 7) is 9.21. The van der Waals surface area contributed by atoms with E-state index in [-0.39, 0.29) is 17.2 Å². The second-order valence-electron chi connectivity index (χ2n) is 3.24. The number of carbonyl (C=O) groups excluding carboxylic acids is 1. The summed E-state index contributed by atoms with van der Waals surface area (Å²) < 4.78 is 0. The van der Waals surface area contributed by atoms with Crippen LogP contribution in [0.5, 0.6) is 0 Å². The number of carbonyl (C=O) groups is 1. The standard InChI is InChI=1S/C8H16NOP/c1-5-8(3,4)7(9-11)6(2)10/h5,7,9H,1,11H2,2-4H3/t7-/m1/s1. The summed E-state index contributed by atoms with van der Waals surface area (Å²) in [4.78, 5) is 11.1. The maximum Gasteiger partial charge on any atom is 0.147 e. The zero-order valence-corrected chi connectivity index (χ0v) is 8.50. The molecule has 2 atom stereocenters. The largest absolute Gasteiger partial charge is 0.298 e. The van der Waals surface area contributed by atoms with Gasteiger partial charge in [-0.15, -0.1) is 6.58 Å². The molecule has 11 heavy (non-hydrogen) atoms. The molecule has 0 aliphatic rings. The highest BCUT2D eigenvalue weighted by atomic mass is 31.0. The second-order valence-corrected chi connectivity index (χ2v) is 3.57. The van der Waals surface area contributed by atoms with Gasteiger partial charge in [0.2, 0.25) is 0 Å². The molecule has 0 radical (unpaired) electrons. The van der Waals surface area contributed by atoms with Crippen LogP contribution in [0.4, 0.5) is 0 Å². The van der Waals surface area contributed by atoms with Gasteiger partial charge in [-0.05, 0) is 6.92 Å². The monoisotopic (exact) mass is 173 g/mol. The summed E-state index contributed by atoms with van der Waals surface area (Å²) >= 11 is 0. The fourth-order valence-corrected chi connectivity index (χ4v) is 1.64. The third kappa shape index (κ3) is 2.72. The molecule has 0 saturated carbocycles. The van der Waals surface area contributed by atoms with Gasteiger partial charge in [0.1, 0.15) is 5.78 Å². The molecule has 0 amide bonds. The van der Waals surface area contributed by atoms with Gasteiger partial charge in [-0.2, -0.15) is 0 Å². The number of Topliss-reactive ketones (excluding diaryl/α,β-unsaturated/α-hetero) is 1. The first kappa shape index (κ1) is 10.8. The van der Waals surface area contributed by atoms with Crippen molar-refractivity contribution in [1.82, 2.24) is 5.09 Å². The maximum absolute atomic E-state index is 11.1. The molecule has 0 aliphatic carbocycles. The van der Waals surface area contributed by atoms with Gasteiger partial charge in [0.15, 0.2) is 0 Å². The summed E-state index contributed by atoms with van der Waals surface area (Å²) in [5, 5.41) is 2.89. The average molecular weight is 173 g/mol. The van der Waals surface area contributed by atoms with Gasteiger partial charge in [0, 0.05) is 5.41 Å². The molecule has 0 rings (SSSR count). The molecular weight excluding hydrogens is 157 g/mol. The van der Waals surface area contributed by atoms with Gasteiger partial charge >= 0.3 is 0 Å². The van der Waals surface area contributed by atoms with Gasteiger partial charge in [-0.1, -0.05) is 29.3 Å². The summed E-state index contributed by atoms with van der Waals surface area (Å²) in [5.41, 5.74) is -0.187. The summed E-state index contributed by atoms with van der Waals surface area (Å²) in [5.74, 6) is 0.130. The third-order valence-corrected chi connectivity index (χ3v) is 2.18. The minimum absolute atomic E-state index is 0.130. The molecule has 0 fully saturated rings. The van der Waals surface area contributed by atoms with Crippen molar-refractivity contribution in [3.8, 4) is 0 Å². The van der Waals surface area contributed by atoms with Crippen molar-refractivity contribution in [2.45, 2.75) is 26.8 Å². The van der Waals surface area contributed by atoms with Crippen molar-refractivity contribution in [3.05, 3.63) is 12.7 Å². The Labute approximate surface area is 70.7 Å². The van der Waals surface area contributed by atoms with E-state index in [4.69, 9.17) is 0 Å². The lowest BCUT2D eigenvalue weighted by Crippen LogP contribution is -2.41. The van der Waals surface area contributed by atoms with E-state index in [1.54, 1.807) is 13.0 Å². The normalized spacial score (nSPS) is 14.2.